The number of piperidine rings is 3. The second-order valence-corrected chi connectivity index (χ2v) is 5.62. The smallest absolute Gasteiger partial charge is 0.270 e. The van der Waals surface area contributed by atoms with E-state index < -0.39 is 0 Å². The van der Waals surface area contributed by atoms with E-state index in [1.807, 2.05) is 12.1 Å². The van der Waals surface area contributed by atoms with Gasteiger partial charge in [-0.25, -0.2) is 0 Å². The summed E-state index contributed by atoms with van der Waals surface area (Å²) in [6.45, 7) is 2.10. The summed E-state index contributed by atoms with van der Waals surface area (Å²) in [5.41, 5.74) is 2.09. The van der Waals surface area contributed by atoms with Gasteiger partial charge in [0.25, 0.3) is 5.69 Å². The molecule has 0 radical (unpaired) electrons. The van der Waals surface area contributed by atoms with Gasteiger partial charge in [0.15, 0.2) is 0 Å². The molecule has 3 aliphatic rings. The van der Waals surface area contributed by atoms with E-state index in [0.29, 0.717) is 5.92 Å². The van der Waals surface area contributed by atoms with Gasteiger partial charge < -0.3 is 4.90 Å². The number of nitrogens with zero attached hydrogens (tertiary/aromatic N) is 2. The first-order chi connectivity index (χ1) is 9.15. The van der Waals surface area contributed by atoms with Gasteiger partial charge in [0, 0.05) is 30.9 Å². The summed E-state index contributed by atoms with van der Waals surface area (Å²) in [6, 6.07) is 6.70. The van der Waals surface area contributed by atoms with Crippen molar-refractivity contribution in [2.45, 2.75) is 18.2 Å². The highest BCUT2D eigenvalue weighted by molar-refractivity contribution is 6.23. The van der Waals surface area contributed by atoms with Gasteiger partial charge in [-0.15, -0.1) is 11.6 Å². The molecule has 2 bridgehead atoms. The Morgan fingerprint density at radius 1 is 1.37 bits per heavy atom. The van der Waals surface area contributed by atoms with Crippen LogP contribution in [-0.2, 0) is 0 Å². The highest BCUT2D eigenvalue weighted by Crippen LogP contribution is 2.39. The first-order valence-corrected chi connectivity index (χ1v) is 6.94. The summed E-state index contributed by atoms with van der Waals surface area (Å²) in [5.74, 6) is 0.552. The minimum Gasteiger partial charge on any atom is -0.374 e. The van der Waals surface area contributed by atoms with E-state index >= 15 is 0 Å². The zero-order valence-corrected chi connectivity index (χ0v) is 11.2. The fourth-order valence-corrected chi connectivity index (χ4v) is 3.39. The second-order valence-electron chi connectivity index (χ2n) is 5.15. The van der Waals surface area contributed by atoms with E-state index in [2.05, 4.69) is 4.90 Å². The van der Waals surface area contributed by atoms with Crippen molar-refractivity contribution in [2.24, 2.45) is 5.92 Å². The molecule has 0 amide bonds. The van der Waals surface area contributed by atoms with Crippen LogP contribution in [-0.4, -0.2) is 28.3 Å². The molecular formula is C14H15ClN2O2. The third-order valence-corrected chi connectivity index (χ3v) is 4.58. The van der Waals surface area contributed by atoms with Crippen molar-refractivity contribution in [1.29, 1.82) is 0 Å². The molecule has 3 heterocycles. The molecule has 4 rings (SSSR count). The standard InChI is InChI=1S/C14H15ClN2O2/c15-14-11-4-6-16(7-5-11)13(14)9-10-2-1-3-12(8-10)17(18)19/h1-3,8-9,11,14H,4-7H2. The van der Waals surface area contributed by atoms with Crippen molar-refractivity contribution >= 4 is 23.4 Å². The maximum absolute atomic E-state index is 10.8. The van der Waals surface area contributed by atoms with Crippen LogP contribution >= 0.6 is 11.6 Å². The topological polar surface area (TPSA) is 46.4 Å². The minimum absolute atomic E-state index is 0.0433. The van der Waals surface area contributed by atoms with E-state index in [1.165, 1.54) is 6.07 Å². The van der Waals surface area contributed by atoms with Crippen LogP contribution in [0.4, 0.5) is 5.69 Å². The van der Waals surface area contributed by atoms with E-state index in [4.69, 9.17) is 11.6 Å². The molecule has 0 aliphatic carbocycles. The van der Waals surface area contributed by atoms with Crippen LogP contribution in [0.2, 0.25) is 0 Å². The third-order valence-electron chi connectivity index (χ3n) is 4.00. The SMILES string of the molecule is O=[N+]([O-])c1cccc(C=C2C(Cl)C3CCN2CC3)c1. The van der Waals surface area contributed by atoms with Crippen molar-refractivity contribution in [1.82, 2.24) is 4.90 Å². The van der Waals surface area contributed by atoms with Crippen LogP contribution < -0.4 is 0 Å². The van der Waals surface area contributed by atoms with E-state index in [9.17, 15) is 10.1 Å². The van der Waals surface area contributed by atoms with Crippen molar-refractivity contribution < 1.29 is 4.92 Å². The summed E-state index contributed by atoms with van der Waals surface area (Å²) in [6.07, 6.45) is 4.30. The molecule has 3 fully saturated rings. The van der Waals surface area contributed by atoms with Crippen LogP contribution in [0.25, 0.3) is 6.08 Å². The van der Waals surface area contributed by atoms with Crippen molar-refractivity contribution in [3.63, 3.8) is 0 Å². The first-order valence-electron chi connectivity index (χ1n) is 6.50. The number of benzene rings is 1. The maximum atomic E-state index is 10.8. The molecule has 0 spiro atoms. The zero-order valence-electron chi connectivity index (χ0n) is 10.5. The summed E-state index contributed by atoms with van der Waals surface area (Å²) >= 11 is 6.49. The van der Waals surface area contributed by atoms with Crippen LogP contribution in [0.1, 0.15) is 18.4 Å². The van der Waals surface area contributed by atoms with Gasteiger partial charge in [0.1, 0.15) is 0 Å². The number of fused-ring (bicyclic) bond motifs is 3. The quantitative estimate of drug-likeness (QED) is 0.474. The molecule has 19 heavy (non-hydrogen) atoms. The van der Waals surface area contributed by atoms with E-state index in [-0.39, 0.29) is 16.0 Å². The van der Waals surface area contributed by atoms with E-state index in [0.717, 1.165) is 37.2 Å². The highest BCUT2D eigenvalue weighted by Gasteiger charge is 2.36. The fourth-order valence-electron chi connectivity index (χ4n) is 2.94. The molecule has 0 saturated carbocycles. The lowest BCUT2D eigenvalue weighted by molar-refractivity contribution is -0.384. The van der Waals surface area contributed by atoms with Crippen LogP contribution in [0, 0.1) is 16.0 Å². The Bertz CT molecular complexity index is 532. The van der Waals surface area contributed by atoms with Gasteiger partial charge >= 0.3 is 0 Å². The fraction of sp³-hybridized carbons (Fsp3) is 0.429. The number of halogens is 1. The lowest BCUT2D eigenvalue weighted by Crippen LogP contribution is -2.46. The van der Waals surface area contributed by atoms with Gasteiger partial charge in [-0.3, -0.25) is 10.1 Å². The highest BCUT2D eigenvalue weighted by atomic mass is 35.5. The van der Waals surface area contributed by atoms with Crippen molar-refractivity contribution in [3.8, 4) is 0 Å². The van der Waals surface area contributed by atoms with Gasteiger partial charge in [0.05, 0.1) is 10.3 Å². The van der Waals surface area contributed by atoms with Gasteiger partial charge in [-0.1, -0.05) is 12.1 Å². The minimum atomic E-state index is -0.368. The monoisotopic (exact) mass is 278 g/mol. The van der Waals surface area contributed by atoms with Crippen LogP contribution in [0.3, 0.4) is 0 Å². The Morgan fingerprint density at radius 2 is 2.11 bits per heavy atom. The first kappa shape index (κ1) is 12.5. The van der Waals surface area contributed by atoms with Crippen molar-refractivity contribution in [2.75, 3.05) is 13.1 Å². The Labute approximate surface area is 116 Å². The molecule has 1 unspecified atom stereocenters. The van der Waals surface area contributed by atoms with Gasteiger partial charge in [0.2, 0.25) is 0 Å². The molecule has 4 nitrogen and oxygen atoms in total. The summed E-state index contributed by atoms with van der Waals surface area (Å²) in [4.78, 5) is 12.7. The molecule has 1 atom stereocenters. The molecule has 100 valence electrons. The third kappa shape index (κ3) is 2.32. The molecule has 3 aliphatic heterocycles. The number of allylic oxidation sites excluding steroid dienone is 1. The average Bonchev–Trinajstić information content (AvgIpc) is 2.43. The Kier molecular flexibility index (Phi) is 3.19. The molecule has 3 saturated heterocycles. The lowest BCUT2D eigenvalue weighted by Gasteiger charge is -2.45. The second kappa shape index (κ2) is 4.85. The molecule has 0 N–H and O–H groups in total. The van der Waals surface area contributed by atoms with Crippen molar-refractivity contribution in [3.05, 3.63) is 45.6 Å². The number of non-ortho nitro benzene ring substituents is 1. The number of nitro groups is 1. The molecular weight excluding hydrogens is 264 g/mol. The largest absolute Gasteiger partial charge is 0.374 e. The number of hydrogen-bond acceptors (Lipinski definition) is 3. The van der Waals surface area contributed by atoms with Gasteiger partial charge in [-0.05, 0) is 30.4 Å². The molecule has 1 aromatic carbocycles. The molecule has 1 aromatic rings. The Hall–Kier alpha value is -1.55. The Balaban J connectivity index is 1.92. The number of nitro benzene ring substituents is 1. The number of hydrogen-bond donors (Lipinski definition) is 0. The molecule has 0 aromatic heterocycles. The number of rotatable bonds is 2. The predicted octanol–water partition coefficient (Wildman–Crippen LogP) is 3.27. The number of alkyl halides is 1. The summed E-state index contributed by atoms with van der Waals surface area (Å²) in [7, 11) is 0. The average molecular weight is 279 g/mol. The summed E-state index contributed by atoms with van der Waals surface area (Å²) < 4.78 is 0. The van der Waals surface area contributed by atoms with E-state index in [1.54, 1.807) is 12.1 Å². The van der Waals surface area contributed by atoms with Crippen LogP contribution in [0.5, 0.6) is 0 Å². The molecule has 5 heteroatoms. The Morgan fingerprint density at radius 3 is 2.74 bits per heavy atom. The predicted molar refractivity (Wildman–Crippen MR) is 75.0 cm³/mol. The zero-order chi connectivity index (χ0) is 13.4. The van der Waals surface area contributed by atoms with Gasteiger partial charge in [-0.2, -0.15) is 0 Å². The summed E-state index contributed by atoms with van der Waals surface area (Å²) in [5, 5.41) is 10.8. The van der Waals surface area contributed by atoms with Crippen LogP contribution in [0.15, 0.2) is 30.0 Å². The maximum Gasteiger partial charge on any atom is 0.270 e. The lowest BCUT2D eigenvalue weighted by atomic mass is 9.85. The normalized spacial score (nSPS) is 27.8.